The molecular formula is C17H17NO3. The van der Waals surface area contributed by atoms with Crippen LogP contribution < -0.4 is 0 Å². The fourth-order valence-electron chi connectivity index (χ4n) is 2.55. The summed E-state index contributed by atoms with van der Waals surface area (Å²) >= 11 is 0. The van der Waals surface area contributed by atoms with E-state index in [2.05, 4.69) is 0 Å². The van der Waals surface area contributed by atoms with Gasteiger partial charge in [-0.3, -0.25) is 4.79 Å². The highest BCUT2D eigenvalue weighted by Gasteiger charge is 2.22. The van der Waals surface area contributed by atoms with Crippen molar-refractivity contribution in [1.82, 2.24) is 4.90 Å². The maximum absolute atomic E-state index is 12.3. The van der Waals surface area contributed by atoms with Gasteiger partial charge in [0.05, 0.1) is 12.4 Å². The zero-order valence-corrected chi connectivity index (χ0v) is 11.6. The number of fused-ring (bicyclic) bond motifs is 1. The summed E-state index contributed by atoms with van der Waals surface area (Å²) in [5.74, 6) is 0.578. The molecule has 2 aromatic rings. The lowest BCUT2D eigenvalue weighted by Gasteiger charge is -2.18. The molecule has 108 valence electrons. The van der Waals surface area contributed by atoms with E-state index < -0.39 is 6.10 Å². The molecule has 4 heteroatoms. The number of amides is 1. The molecule has 21 heavy (non-hydrogen) atoms. The lowest BCUT2D eigenvalue weighted by molar-refractivity contribution is -0.126. The first-order valence-corrected chi connectivity index (χ1v) is 7.00. The fourth-order valence-corrected chi connectivity index (χ4v) is 2.55. The molecule has 0 saturated heterocycles. The molecule has 3 rings (SSSR count). The van der Waals surface area contributed by atoms with Gasteiger partial charge in [0.2, 0.25) is 5.91 Å². The predicted octanol–water partition coefficient (Wildman–Crippen LogP) is 2.76. The summed E-state index contributed by atoms with van der Waals surface area (Å²) in [4.78, 5) is 14.0. The third-order valence-electron chi connectivity index (χ3n) is 3.69. The van der Waals surface area contributed by atoms with Crippen LogP contribution in [0.3, 0.4) is 0 Å². The molecule has 0 spiro atoms. The first-order chi connectivity index (χ1) is 10.2. The highest BCUT2D eigenvalue weighted by Crippen LogP contribution is 2.26. The van der Waals surface area contributed by atoms with Crippen LogP contribution in [0, 0.1) is 0 Å². The molecule has 0 bridgehead atoms. The standard InChI is InChI=1S/C17H17NO3/c19-16-9-10-18(12-13-4-1-2-6-15(13)16)17(20)8-7-14-5-3-11-21-14/h1-8,11,16,19H,9-10,12H2/b8-7+. The second-order valence-corrected chi connectivity index (χ2v) is 5.11. The van der Waals surface area contributed by atoms with E-state index >= 15 is 0 Å². The van der Waals surface area contributed by atoms with Crippen molar-refractivity contribution in [3.05, 3.63) is 65.6 Å². The lowest BCUT2D eigenvalue weighted by Crippen LogP contribution is -2.29. The van der Waals surface area contributed by atoms with Gasteiger partial charge < -0.3 is 14.4 Å². The first kappa shape index (κ1) is 13.6. The third kappa shape index (κ3) is 3.06. The molecule has 1 unspecified atom stereocenters. The van der Waals surface area contributed by atoms with Crippen LogP contribution in [-0.2, 0) is 11.3 Å². The maximum Gasteiger partial charge on any atom is 0.246 e. The molecular weight excluding hydrogens is 266 g/mol. The number of aliphatic hydroxyl groups is 1. The van der Waals surface area contributed by atoms with Crippen molar-refractivity contribution in [3.8, 4) is 0 Å². The molecule has 2 heterocycles. The third-order valence-corrected chi connectivity index (χ3v) is 3.69. The van der Waals surface area contributed by atoms with Gasteiger partial charge in [-0.2, -0.15) is 0 Å². The summed E-state index contributed by atoms with van der Waals surface area (Å²) in [6.07, 6.45) is 4.79. The van der Waals surface area contributed by atoms with Gasteiger partial charge in [-0.15, -0.1) is 0 Å². The van der Waals surface area contributed by atoms with Gasteiger partial charge in [-0.25, -0.2) is 0 Å². The van der Waals surface area contributed by atoms with Gasteiger partial charge in [0.15, 0.2) is 0 Å². The first-order valence-electron chi connectivity index (χ1n) is 7.00. The van der Waals surface area contributed by atoms with Crippen LogP contribution >= 0.6 is 0 Å². The normalized spacial score (nSPS) is 18.5. The van der Waals surface area contributed by atoms with E-state index in [1.807, 2.05) is 24.3 Å². The number of nitrogens with zero attached hydrogens (tertiary/aromatic N) is 1. The lowest BCUT2D eigenvalue weighted by atomic mass is 10.0. The van der Waals surface area contributed by atoms with Crippen molar-refractivity contribution in [2.24, 2.45) is 0 Å². The van der Waals surface area contributed by atoms with Crippen molar-refractivity contribution in [2.45, 2.75) is 19.1 Å². The maximum atomic E-state index is 12.3. The van der Waals surface area contributed by atoms with Gasteiger partial charge in [-0.05, 0) is 35.8 Å². The van der Waals surface area contributed by atoms with E-state index in [1.54, 1.807) is 29.4 Å². The van der Waals surface area contributed by atoms with Crippen molar-refractivity contribution < 1.29 is 14.3 Å². The number of aliphatic hydroxyl groups excluding tert-OH is 1. The Morgan fingerprint density at radius 2 is 2.14 bits per heavy atom. The van der Waals surface area contributed by atoms with E-state index in [-0.39, 0.29) is 5.91 Å². The van der Waals surface area contributed by atoms with Gasteiger partial charge in [-0.1, -0.05) is 24.3 Å². The van der Waals surface area contributed by atoms with E-state index in [4.69, 9.17) is 4.42 Å². The Labute approximate surface area is 123 Å². The number of carbonyl (C=O) groups is 1. The zero-order chi connectivity index (χ0) is 14.7. The summed E-state index contributed by atoms with van der Waals surface area (Å²) in [6, 6.07) is 11.3. The highest BCUT2D eigenvalue weighted by atomic mass is 16.3. The number of hydrogen-bond acceptors (Lipinski definition) is 3. The molecule has 1 aliphatic heterocycles. The average Bonchev–Trinajstić information content (AvgIpc) is 2.96. The largest absolute Gasteiger partial charge is 0.465 e. The number of furan rings is 1. The van der Waals surface area contributed by atoms with E-state index in [0.29, 0.717) is 25.3 Å². The summed E-state index contributed by atoms with van der Waals surface area (Å²) < 4.78 is 5.17. The molecule has 1 N–H and O–H groups in total. The van der Waals surface area contributed by atoms with Crippen LogP contribution in [0.2, 0.25) is 0 Å². The Morgan fingerprint density at radius 3 is 2.95 bits per heavy atom. The van der Waals surface area contributed by atoms with Crippen molar-refractivity contribution >= 4 is 12.0 Å². The van der Waals surface area contributed by atoms with Gasteiger partial charge >= 0.3 is 0 Å². The van der Waals surface area contributed by atoms with Crippen molar-refractivity contribution in [3.63, 3.8) is 0 Å². The predicted molar refractivity (Wildman–Crippen MR) is 79.2 cm³/mol. The highest BCUT2D eigenvalue weighted by molar-refractivity contribution is 5.91. The smallest absolute Gasteiger partial charge is 0.246 e. The Morgan fingerprint density at radius 1 is 1.29 bits per heavy atom. The topological polar surface area (TPSA) is 53.7 Å². The SMILES string of the molecule is O=C(/C=C/c1ccco1)N1CCC(O)c2ccccc2C1. The molecule has 1 aromatic carbocycles. The molecule has 0 aliphatic carbocycles. The van der Waals surface area contributed by atoms with Crippen LogP contribution in [0.1, 0.15) is 29.4 Å². The zero-order valence-electron chi connectivity index (χ0n) is 11.6. The Balaban J connectivity index is 1.76. The average molecular weight is 283 g/mol. The minimum atomic E-state index is -0.506. The number of benzene rings is 1. The summed E-state index contributed by atoms with van der Waals surface area (Å²) in [7, 11) is 0. The Hall–Kier alpha value is -2.33. The molecule has 4 nitrogen and oxygen atoms in total. The molecule has 0 fully saturated rings. The molecule has 0 radical (unpaired) electrons. The van der Waals surface area contributed by atoms with Crippen LogP contribution in [0.15, 0.2) is 53.2 Å². The van der Waals surface area contributed by atoms with Crippen LogP contribution in [0.5, 0.6) is 0 Å². The summed E-state index contributed by atoms with van der Waals surface area (Å²) in [5.41, 5.74) is 1.92. The Kier molecular flexibility index (Phi) is 3.88. The number of hydrogen-bond donors (Lipinski definition) is 1. The van der Waals surface area contributed by atoms with Gasteiger partial charge in [0.25, 0.3) is 0 Å². The van der Waals surface area contributed by atoms with Gasteiger partial charge in [0, 0.05) is 19.2 Å². The Bertz CT molecular complexity index is 646. The summed E-state index contributed by atoms with van der Waals surface area (Å²) in [6.45, 7) is 1.06. The summed E-state index contributed by atoms with van der Waals surface area (Å²) in [5, 5.41) is 10.2. The van der Waals surface area contributed by atoms with Crippen molar-refractivity contribution in [2.75, 3.05) is 6.54 Å². The van der Waals surface area contributed by atoms with Crippen LogP contribution in [-0.4, -0.2) is 22.5 Å². The molecule has 0 saturated carbocycles. The molecule has 1 amide bonds. The monoisotopic (exact) mass is 283 g/mol. The minimum absolute atomic E-state index is 0.0738. The molecule has 1 atom stereocenters. The van der Waals surface area contributed by atoms with Crippen LogP contribution in [0.25, 0.3) is 6.08 Å². The van der Waals surface area contributed by atoms with E-state index in [0.717, 1.165) is 11.1 Å². The van der Waals surface area contributed by atoms with Crippen molar-refractivity contribution in [1.29, 1.82) is 0 Å². The minimum Gasteiger partial charge on any atom is -0.465 e. The number of rotatable bonds is 2. The van der Waals surface area contributed by atoms with E-state index in [1.165, 1.54) is 6.08 Å². The molecule has 1 aromatic heterocycles. The van der Waals surface area contributed by atoms with Crippen LogP contribution in [0.4, 0.5) is 0 Å². The second-order valence-electron chi connectivity index (χ2n) is 5.11. The second kappa shape index (κ2) is 5.97. The fraction of sp³-hybridized carbons (Fsp3) is 0.235. The number of carbonyl (C=O) groups excluding carboxylic acids is 1. The van der Waals surface area contributed by atoms with Gasteiger partial charge in [0.1, 0.15) is 5.76 Å². The molecule has 1 aliphatic rings. The quantitative estimate of drug-likeness (QED) is 0.862. The van der Waals surface area contributed by atoms with E-state index in [9.17, 15) is 9.90 Å².